The van der Waals surface area contributed by atoms with Crippen molar-refractivity contribution >= 4 is 29.0 Å². The SMILES string of the molecule is CCC(C)CSc1cc2c(cc1N)NC(=O)CC2. The smallest absolute Gasteiger partial charge is 0.224 e. The minimum Gasteiger partial charge on any atom is -0.398 e. The van der Waals surface area contributed by atoms with E-state index in [2.05, 4.69) is 25.2 Å². The van der Waals surface area contributed by atoms with E-state index in [0.717, 1.165) is 28.4 Å². The normalized spacial score (nSPS) is 16.0. The standard InChI is InChI=1S/C14H20N2OS/c1-3-9(2)8-18-13-6-10-4-5-14(17)16-12(10)7-11(13)15/h6-7,9H,3-5,8,15H2,1-2H3,(H,16,17). The van der Waals surface area contributed by atoms with E-state index >= 15 is 0 Å². The zero-order valence-corrected chi connectivity index (χ0v) is 11.8. The summed E-state index contributed by atoms with van der Waals surface area (Å²) < 4.78 is 0. The number of aryl methyl sites for hydroxylation is 1. The largest absolute Gasteiger partial charge is 0.398 e. The fourth-order valence-electron chi connectivity index (χ4n) is 1.90. The molecule has 1 amide bonds. The average molecular weight is 264 g/mol. The summed E-state index contributed by atoms with van der Waals surface area (Å²) in [5, 5.41) is 2.88. The van der Waals surface area contributed by atoms with Gasteiger partial charge < -0.3 is 11.1 Å². The van der Waals surface area contributed by atoms with Crippen LogP contribution in [0.25, 0.3) is 0 Å². The molecule has 0 aliphatic carbocycles. The van der Waals surface area contributed by atoms with Crippen LogP contribution in [-0.2, 0) is 11.2 Å². The van der Waals surface area contributed by atoms with Gasteiger partial charge >= 0.3 is 0 Å². The molecule has 0 aromatic heterocycles. The molecule has 1 aliphatic heterocycles. The molecule has 2 rings (SSSR count). The Morgan fingerprint density at radius 1 is 1.44 bits per heavy atom. The van der Waals surface area contributed by atoms with Crippen LogP contribution >= 0.6 is 11.8 Å². The number of rotatable bonds is 4. The molecule has 3 nitrogen and oxygen atoms in total. The number of nitrogens with one attached hydrogen (secondary N) is 1. The number of thioether (sulfide) groups is 1. The summed E-state index contributed by atoms with van der Waals surface area (Å²) in [6, 6.07) is 4.03. The van der Waals surface area contributed by atoms with Crippen LogP contribution in [0.2, 0.25) is 0 Å². The number of benzene rings is 1. The third-order valence-corrected chi connectivity index (χ3v) is 4.75. The summed E-state index contributed by atoms with van der Waals surface area (Å²) in [6.07, 6.45) is 2.58. The first-order chi connectivity index (χ1) is 8.60. The van der Waals surface area contributed by atoms with Gasteiger partial charge in [0.2, 0.25) is 5.91 Å². The van der Waals surface area contributed by atoms with Crippen molar-refractivity contribution in [2.24, 2.45) is 5.92 Å². The van der Waals surface area contributed by atoms with Gasteiger partial charge in [0.05, 0.1) is 0 Å². The highest BCUT2D eigenvalue weighted by Gasteiger charge is 2.17. The van der Waals surface area contributed by atoms with Gasteiger partial charge in [-0.3, -0.25) is 4.79 Å². The summed E-state index contributed by atoms with van der Waals surface area (Å²) in [5.41, 5.74) is 8.90. The Morgan fingerprint density at radius 2 is 2.22 bits per heavy atom. The monoisotopic (exact) mass is 264 g/mol. The molecular weight excluding hydrogens is 244 g/mol. The van der Waals surface area contributed by atoms with Crippen molar-refractivity contribution < 1.29 is 4.79 Å². The van der Waals surface area contributed by atoms with Crippen molar-refractivity contribution in [3.63, 3.8) is 0 Å². The Balaban J connectivity index is 2.15. The highest BCUT2D eigenvalue weighted by atomic mass is 32.2. The number of hydrogen-bond acceptors (Lipinski definition) is 3. The van der Waals surface area contributed by atoms with Crippen LogP contribution in [0.4, 0.5) is 11.4 Å². The van der Waals surface area contributed by atoms with Crippen LogP contribution in [0.3, 0.4) is 0 Å². The van der Waals surface area contributed by atoms with Gasteiger partial charge in [0.25, 0.3) is 0 Å². The summed E-state index contributed by atoms with van der Waals surface area (Å²) in [7, 11) is 0. The maximum absolute atomic E-state index is 11.3. The Hall–Kier alpha value is -1.16. The van der Waals surface area contributed by atoms with Crippen LogP contribution in [0.15, 0.2) is 17.0 Å². The van der Waals surface area contributed by atoms with E-state index in [1.54, 1.807) is 0 Å². The molecular formula is C14H20N2OS. The fraction of sp³-hybridized carbons (Fsp3) is 0.500. The molecule has 1 heterocycles. The lowest BCUT2D eigenvalue weighted by Gasteiger charge is -2.19. The van der Waals surface area contributed by atoms with Gasteiger partial charge in [0.15, 0.2) is 0 Å². The first kappa shape index (κ1) is 13.3. The molecule has 0 fully saturated rings. The van der Waals surface area contributed by atoms with Gasteiger partial charge in [0.1, 0.15) is 0 Å². The van der Waals surface area contributed by atoms with Gasteiger partial charge in [-0.05, 0) is 30.0 Å². The van der Waals surface area contributed by atoms with Crippen LogP contribution in [0.1, 0.15) is 32.3 Å². The lowest BCUT2D eigenvalue weighted by atomic mass is 10.0. The molecule has 98 valence electrons. The predicted octanol–water partition coefficient (Wildman–Crippen LogP) is 3.29. The number of carbonyl (C=O) groups is 1. The number of nitrogen functional groups attached to an aromatic ring is 1. The number of nitrogens with two attached hydrogens (primary N) is 1. The molecule has 1 aromatic rings. The Kier molecular flexibility index (Phi) is 4.17. The Labute approximate surface area is 113 Å². The maximum Gasteiger partial charge on any atom is 0.224 e. The second kappa shape index (κ2) is 5.65. The number of anilines is 2. The molecule has 1 atom stereocenters. The van der Waals surface area contributed by atoms with E-state index < -0.39 is 0 Å². The highest BCUT2D eigenvalue weighted by molar-refractivity contribution is 7.99. The summed E-state index contributed by atoms with van der Waals surface area (Å²) in [6.45, 7) is 4.46. The molecule has 3 N–H and O–H groups in total. The first-order valence-corrected chi connectivity index (χ1v) is 7.43. The summed E-state index contributed by atoms with van der Waals surface area (Å²) in [4.78, 5) is 12.5. The van der Waals surface area contributed by atoms with Crippen molar-refractivity contribution in [3.8, 4) is 0 Å². The third kappa shape index (κ3) is 2.99. The van der Waals surface area contributed by atoms with E-state index in [1.165, 1.54) is 12.0 Å². The van der Waals surface area contributed by atoms with E-state index in [-0.39, 0.29) is 5.91 Å². The molecule has 18 heavy (non-hydrogen) atoms. The van der Waals surface area contributed by atoms with Gasteiger partial charge in [-0.25, -0.2) is 0 Å². The number of fused-ring (bicyclic) bond motifs is 1. The topological polar surface area (TPSA) is 55.1 Å². The summed E-state index contributed by atoms with van der Waals surface area (Å²) >= 11 is 1.82. The van der Waals surface area contributed by atoms with Crippen molar-refractivity contribution in [3.05, 3.63) is 17.7 Å². The number of hydrogen-bond donors (Lipinski definition) is 2. The van der Waals surface area contributed by atoms with Crippen molar-refractivity contribution in [2.75, 3.05) is 16.8 Å². The van der Waals surface area contributed by atoms with Gasteiger partial charge in [-0.2, -0.15) is 0 Å². The lowest BCUT2D eigenvalue weighted by Crippen LogP contribution is -2.19. The zero-order valence-electron chi connectivity index (χ0n) is 11.0. The van der Waals surface area contributed by atoms with Crippen LogP contribution in [0.5, 0.6) is 0 Å². The van der Waals surface area contributed by atoms with Crippen molar-refractivity contribution in [1.82, 2.24) is 0 Å². The molecule has 0 bridgehead atoms. The zero-order chi connectivity index (χ0) is 13.1. The third-order valence-electron chi connectivity index (χ3n) is 3.35. The van der Waals surface area contributed by atoms with Gasteiger partial charge in [-0.15, -0.1) is 11.8 Å². The molecule has 0 saturated heterocycles. The van der Waals surface area contributed by atoms with Crippen LogP contribution < -0.4 is 11.1 Å². The minimum absolute atomic E-state index is 0.0851. The van der Waals surface area contributed by atoms with Crippen molar-refractivity contribution in [2.45, 2.75) is 38.0 Å². The summed E-state index contributed by atoms with van der Waals surface area (Å²) in [5.74, 6) is 1.87. The highest BCUT2D eigenvalue weighted by Crippen LogP contribution is 2.34. The van der Waals surface area contributed by atoms with E-state index in [4.69, 9.17) is 5.73 Å². The molecule has 0 saturated carbocycles. The van der Waals surface area contributed by atoms with E-state index in [9.17, 15) is 4.79 Å². The van der Waals surface area contributed by atoms with Crippen LogP contribution in [0, 0.1) is 5.92 Å². The average Bonchev–Trinajstić information content (AvgIpc) is 2.35. The predicted molar refractivity (Wildman–Crippen MR) is 78.0 cm³/mol. The Morgan fingerprint density at radius 3 is 2.94 bits per heavy atom. The minimum atomic E-state index is 0.0851. The quantitative estimate of drug-likeness (QED) is 0.648. The molecule has 1 aliphatic rings. The van der Waals surface area contributed by atoms with E-state index in [0.29, 0.717) is 12.3 Å². The number of amides is 1. The molecule has 0 radical (unpaired) electrons. The maximum atomic E-state index is 11.3. The molecule has 4 heteroatoms. The number of carbonyl (C=O) groups excluding carboxylic acids is 1. The fourth-order valence-corrected chi connectivity index (χ4v) is 3.05. The Bertz CT molecular complexity index is 459. The molecule has 0 spiro atoms. The van der Waals surface area contributed by atoms with E-state index in [1.807, 2.05) is 17.8 Å². The van der Waals surface area contributed by atoms with Crippen LogP contribution in [-0.4, -0.2) is 11.7 Å². The second-order valence-corrected chi connectivity index (χ2v) is 5.98. The molecule has 1 aromatic carbocycles. The lowest BCUT2D eigenvalue weighted by molar-refractivity contribution is -0.116. The van der Waals surface area contributed by atoms with Gasteiger partial charge in [-0.1, -0.05) is 20.3 Å². The van der Waals surface area contributed by atoms with Crippen molar-refractivity contribution in [1.29, 1.82) is 0 Å². The van der Waals surface area contributed by atoms with Gasteiger partial charge in [0, 0.05) is 28.4 Å². The first-order valence-electron chi connectivity index (χ1n) is 6.45. The molecule has 1 unspecified atom stereocenters. The second-order valence-electron chi connectivity index (χ2n) is 4.92.